The average Bonchev–Trinajstić information content (AvgIpc) is 2.78. The first kappa shape index (κ1) is 25.1. The molecule has 0 spiro atoms. The van der Waals surface area contributed by atoms with Crippen molar-refractivity contribution in [1.82, 2.24) is 0 Å². The van der Waals surface area contributed by atoms with Crippen LogP contribution in [-0.4, -0.2) is 24.3 Å². The third-order valence-corrected chi connectivity index (χ3v) is 6.88. The van der Waals surface area contributed by atoms with Crippen LogP contribution in [0.4, 0.5) is 0 Å². The third-order valence-electron chi connectivity index (χ3n) is 6.88. The van der Waals surface area contributed by atoms with Gasteiger partial charge in [-0.2, -0.15) is 0 Å². The molecule has 33 heavy (non-hydrogen) atoms. The summed E-state index contributed by atoms with van der Waals surface area (Å²) >= 11 is 0. The lowest BCUT2D eigenvalue weighted by Crippen LogP contribution is -2.42. The predicted molar refractivity (Wildman–Crippen MR) is 129 cm³/mol. The van der Waals surface area contributed by atoms with Gasteiger partial charge in [0.2, 0.25) is 0 Å². The van der Waals surface area contributed by atoms with Crippen molar-refractivity contribution in [3.05, 3.63) is 59.2 Å². The minimum absolute atomic E-state index is 0.200. The van der Waals surface area contributed by atoms with Crippen LogP contribution in [0.2, 0.25) is 0 Å². The maximum atomic E-state index is 13.4. The SMILES string of the molecule is COc1cc([C@](C)(O)C(=O)O[C@@H]2C[C@H](C)CC[C@H]2C(C)C)c(OCc2ccccc2)cc1C. The Labute approximate surface area is 198 Å². The molecule has 2 aromatic carbocycles. The van der Waals surface area contributed by atoms with Gasteiger partial charge in [0.25, 0.3) is 0 Å². The molecular formula is C28H38O5. The summed E-state index contributed by atoms with van der Waals surface area (Å²) in [5, 5.41) is 11.5. The van der Waals surface area contributed by atoms with E-state index in [1.54, 1.807) is 19.2 Å². The minimum Gasteiger partial charge on any atom is -0.496 e. The minimum atomic E-state index is -1.88. The Balaban J connectivity index is 1.88. The van der Waals surface area contributed by atoms with Crippen molar-refractivity contribution in [3.63, 3.8) is 0 Å². The van der Waals surface area contributed by atoms with Gasteiger partial charge < -0.3 is 19.3 Å². The molecule has 0 aromatic heterocycles. The lowest BCUT2D eigenvalue weighted by molar-refractivity contribution is -0.177. The molecule has 0 saturated heterocycles. The van der Waals surface area contributed by atoms with Gasteiger partial charge in [0, 0.05) is 5.56 Å². The van der Waals surface area contributed by atoms with E-state index in [-0.39, 0.29) is 6.10 Å². The zero-order chi connectivity index (χ0) is 24.2. The fraction of sp³-hybridized carbons (Fsp3) is 0.536. The van der Waals surface area contributed by atoms with Gasteiger partial charge in [0.05, 0.1) is 7.11 Å². The molecule has 1 fully saturated rings. The molecule has 1 saturated carbocycles. The summed E-state index contributed by atoms with van der Waals surface area (Å²) in [6, 6.07) is 13.3. The highest BCUT2D eigenvalue weighted by molar-refractivity contribution is 5.82. The molecule has 5 heteroatoms. The zero-order valence-electron chi connectivity index (χ0n) is 20.8. The number of carbonyl (C=O) groups is 1. The van der Waals surface area contributed by atoms with Crippen molar-refractivity contribution in [2.24, 2.45) is 17.8 Å². The number of aliphatic hydroxyl groups is 1. The standard InChI is InChI=1S/C28H38O5/c1-18(2)22-13-12-19(3)14-25(22)33-27(29)28(5,30)23-16-24(31-6)20(4)15-26(23)32-17-21-10-8-7-9-11-21/h7-11,15-16,18-19,22,25,30H,12-14,17H2,1-6H3/t19-,22+,25-,28+/m1/s1. The van der Waals surface area contributed by atoms with Crippen molar-refractivity contribution in [1.29, 1.82) is 0 Å². The Morgan fingerprint density at radius 2 is 1.85 bits per heavy atom. The van der Waals surface area contributed by atoms with Gasteiger partial charge in [-0.05, 0) is 67.7 Å². The fourth-order valence-corrected chi connectivity index (χ4v) is 4.73. The quantitative estimate of drug-likeness (QED) is 0.511. The summed E-state index contributed by atoms with van der Waals surface area (Å²) in [6.45, 7) is 10.2. The lowest BCUT2D eigenvalue weighted by atomic mass is 9.75. The molecule has 1 aliphatic rings. The summed E-state index contributed by atoms with van der Waals surface area (Å²) in [5.74, 6) is 1.56. The van der Waals surface area contributed by atoms with E-state index in [0.29, 0.717) is 41.4 Å². The summed E-state index contributed by atoms with van der Waals surface area (Å²) in [6.07, 6.45) is 2.79. The first-order valence-corrected chi connectivity index (χ1v) is 11.9. The van der Waals surface area contributed by atoms with E-state index in [1.165, 1.54) is 6.92 Å². The summed E-state index contributed by atoms with van der Waals surface area (Å²) in [5.41, 5.74) is 0.315. The van der Waals surface area contributed by atoms with Crippen molar-refractivity contribution in [2.75, 3.05) is 7.11 Å². The average molecular weight is 455 g/mol. The van der Waals surface area contributed by atoms with Gasteiger partial charge in [-0.25, -0.2) is 4.79 Å². The van der Waals surface area contributed by atoms with Crippen LogP contribution in [0.25, 0.3) is 0 Å². The Hall–Kier alpha value is -2.53. The molecule has 2 aromatic rings. The van der Waals surface area contributed by atoms with Gasteiger partial charge >= 0.3 is 5.97 Å². The number of methoxy groups -OCH3 is 1. The number of carbonyl (C=O) groups excluding carboxylic acids is 1. The molecule has 1 N–H and O–H groups in total. The number of ether oxygens (including phenoxy) is 3. The summed E-state index contributed by atoms with van der Waals surface area (Å²) in [7, 11) is 1.57. The Kier molecular flexibility index (Phi) is 8.06. The van der Waals surface area contributed by atoms with Crippen LogP contribution in [0, 0.1) is 24.7 Å². The molecule has 0 amide bonds. The van der Waals surface area contributed by atoms with E-state index in [9.17, 15) is 9.90 Å². The van der Waals surface area contributed by atoms with E-state index in [4.69, 9.17) is 14.2 Å². The lowest BCUT2D eigenvalue weighted by Gasteiger charge is -2.38. The van der Waals surface area contributed by atoms with E-state index in [0.717, 1.165) is 30.4 Å². The highest BCUT2D eigenvalue weighted by atomic mass is 16.6. The number of hydrogen-bond acceptors (Lipinski definition) is 5. The molecule has 0 unspecified atom stereocenters. The number of benzene rings is 2. The number of rotatable bonds is 8. The normalized spacial score (nSPS) is 22.5. The van der Waals surface area contributed by atoms with Gasteiger partial charge in [-0.3, -0.25) is 0 Å². The van der Waals surface area contributed by atoms with Crippen LogP contribution in [0.3, 0.4) is 0 Å². The maximum absolute atomic E-state index is 13.4. The van der Waals surface area contributed by atoms with E-state index in [1.807, 2.05) is 37.3 Å². The Morgan fingerprint density at radius 1 is 1.15 bits per heavy atom. The van der Waals surface area contributed by atoms with E-state index in [2.05, 4.69) is 20.8 Å². The molecule has 0 heterocycles. The summed E-state index contributed by atoms with van der Waals surface area (Å²) < 4.78 is 17.5. The molecule has 0 radical (unpaired) electrons. The van der Waals surface area contributed by atoms with E-state index < -0.39 is 11.6 Å². The molecule has 5 nitrogen and oxygen atoms in total. The monoisotopic (exact) mass is 454 g/mol. The van der Waals surface area contributed by atoms with Crippen LogP contribution in [0.15, 0.2) is 42.5 Å². The van der Waals surface area contributed by atoms with Gasteiger partial charge in [0.1, 0.15) is 24.2 Å². The number of esters is 1. The van der Waals surface area contributed by atoms with Crippen molar-refractivity contribution in [2.45, 2.75) is 72.2 Å². The van der Waals surface area contributed by atoms with Crippen LogP contribution in [0.1, 0.15) is 63.6 Å². The highest BCUT2D eigenvalue weighted by Crippen LogP contribution is 2.40. The van der Waals surface area contributed by atoms with Gasteiger partial charge in [0.15, 0.2) is 5.60 Å². The van der Waals surface area contributed by atoms with Crippen molar-refractivity contribution in [3.8, 4) is 11.5 Å². The van der Waals surface area contributed by atoms with Crippen LogP contribution in [-0.2, 0) is 21.7 Å². The van der Waals surface area contributed by atoms with Crippen LogP contribution in [0.5, 0.6) is 11.5 Å². The fourth-order valence-electron chi connectivity index (χ4n) is 4.73. The molecule has 0 aliphatic heterocycles. The molecule has 0 bridgehead atoms. The largest absolute Gasteiger partial charge is 0.496 e. The first-order chi connectivity index (χ1) is 15.6. The zero-order valence-corrected chi connectivity index (χ0v) is 20.8. The molecule has 1 aliphatic carbocycles. The second-order valence-corrected chi connectivity index (χ2v) is 9.93. The van der Waals surface area contributed by atoms with Gasteiger partial charge in [-0.15, -0.1) is 0 Å². The first-order valence-electron chi connectivity index (χ1n) is 11.9. The highest BCUT2D eigenvalue weighted by Gasteiger charge is 2.42. The third kappa shape index (κ3) is 5.89. The second kappa shape index (κ2) is 10.6. The van der Waals surface area contributed by atoms with E-state index >= 15 is 0 Å². The van der Waals surface area contributed by atoms with Crippen molar-refractivity contribution < 1.29 is 24.1 Å². The number of hydrogen-bond donors (Lipinski definition) is 1. The predicted octanol–water partition coefficient (Wildman–Crippen LogP) is 5.79. The molecule has 4 atom stereocenters. The van der Waals surface area contributed by atoms with Crippen molar-refractivity contribution >= 4 is 5.97 Å². The van der Waals surface area contributed by atoms with Gasteiger partial charge in [-0.1, -0.05) is 57.5 Å². The van der Waals surface area contributed by atoms with Crippen LogP contribution < -0.4 is 9.47 Å². The Morgan fingerprint density at radius 3 is 2.48 bits per heavy atom. The number of aryl methyl sites for hydroxylation is 1. The molecular weight excluding hydrogens is 416 g/mol. The molecule has 3 rings (SSSR count). The maximum Gasteiger partial charge on any atom is 0.342 e. The molecule has 180 valence electrons. The smallest absolute Gasteiger partial charge is 0.342 e. The Bertz CT molecular complexity index is 935. The summed E-state index contributed by atoms with van der Waals surface area (Å²) in [4.78, 5) is 13.4. The van der Waals surface area contributed by atoms with Crippen LogP contribution >= 0.6 is 0 Å². The topological polar surface area (TPSA) is 65.0 Å². The second-order valence-electron chi connectivity index (χ2n) is 9.93.